The minimum absolute atomic E-state index is 0.0537. The number of esters is 1. The number of carbonyl (C=O) groups excluding carboxylic acids is 11. The predicted octanol–water partition coefficient (Wildman–Crippen LogP) is -6.01. The molecule has 0 aliphatic carbocycles. The van der Waals surface area contributed by atoms with Crippen molar-refractivity contribution in [1.82, 2.24) is 52.3 Å². The normalized spacial score (nSPS) is 20.7. The number of unbranched alkanes of at least 4 members (excludes halogenated alkanes) is 10. The van der Waals surface area contributed by atoms with Gasteiger partial charge in [0.2, 0.25) is 59.1 Å². The number of nitrogens with two attached hydrogens (primary N) is 2. The van der Waals surface area contributed by atoms with E-state index >= 15 is 0 Å². The van der Waals surface area contributed by atoms with Gasteiger partial charge in [0, 0.05) is 19.5 Å². The van der Waals surface area contributed by atoms with E-state index in [4.69, 9.17) is 16.2 Å². The molecular weight excluding hydrogens is 1220 g/mol. The van der Waals surface area contributed by atoms with E-state index in [0.717, 1.165) is 75.5 Å². The van der Waals surface area contributed by atoms with E-state index in [0.29, 0.717) is 13.0 Å². The van der Waals surface area contributed by atoms with Crippen LogP contribution in [0.2, 0.25) is 0 Å². The van der Waals surface area contributed by atoms with Gasteiger partial charge in [-0.25, -0.2) is 4.79 Å². The summed E-state index contributed by atoms with van der Waals surface area (Å²) in [5.41, 5.74) is 11.3. The number of aliphatic hydroxyl groups excluding tert-OH is 8. The van der Waals surface area contributed by atoms with Crippen molar-refractivity contribution in [3.05, 3.63) is 0 Å². The van der Waals surface area contributed by atoms with E-state index < -0.39 is 200 Å². The predicted molar refractivity (Wildman–Crippen MR) is 333 cm³/mol. The van der Waals surface area contributed by atoms with Crippen molar-refractivity contribution in [2.45, 2.75) is 274 Å². The first-order valence-electron chi connectivity index (χ1n) is 32.4. The zero-order valence-electron chi connectivity index (χ0n) is 55.0. The van der Waals surface area contributed by atoms with Gasteiger partial charge in [-0.3, -0.25) is 47.9 Å². The first-order chi connectivity index (χ1) is 43.7. The highest BCUT2D eigenvalue weighted by molar-refractivity contribution is 5.99. The van der Waals surface area contributed by atoms with Crippen LogP contribution in [0.1, 0.15) is 164 Å². The zero-order valence-corrected chi connectivity index (χ0v) is 55.0. The van der Waals surface area contributed by atoms with Crippen molar-refractivity contribution < 1.29 is 103 Å². The number of hydrogen-bond acceptors (Lipinski definition) is 23. The number of primary amides is 1. The van der Waals surface area contributed by atoms with Crippen LogP contribution in [0, 0.1) is 5.92 Å². The van der Waals surface area contributed by atoms with Crippen LogP contribution in [0.3, 0.4) is 0 Å². The lowest BCUT2D eigenvalue weighted by atomic mass is 10.0. The van der Waals surface area contributed by atoms with E-state index in [9.17, 15) is 98.7 Å². The summed E-state index contributed by atoms with van der Waals surface area (Å²) in [6.07, 6.45) is -5.10. The molecule has 17 atom stereocenters. The zero-order chi connectivity index (χ0) is 70.4. The highest BCUT2D eigenvalue weighted by Crippen LogP contribution is 2.24. The van der Waals surface area contributed by atoms with Gasteiger partial charge in [-0.1, -0.05) is 85.0 Å². The average molecular weight is 1330 g/mol. The first kappa shape index (κ1) is 82.8. The summed E-state index contributed by atoms with van der Waals surface area (Å²) in [4.78, 5) is 151. The summed E-state index contributed by atoms with van der Waals surface area (Å²) < 4.78 is 5.84. The van der Waals surface area contributed by atoms with Gasteiger partial charge in [0.15, 0.2) is 6.29 Å². The van der Waals surface area contributed by atoms with Crippen LogP contribution in [-0.2, 0) is 57.5 Å². The minimum atomic E-state index is -2.18. The molecule has 33 heteroatoms. The van der Waals surface area contributed by atoms with Gasteiger partial charge in [0.1, 0.15) is 54.4 Å². The smallest absolute Gasteiger partial charge is 0.328 e. The lowest BCUT2D eigenvalue weighted by Crippen LogP contribution is -2.64. The lowest BCUT2D eigenvalue weighted by Gasteiger charge is -2.33. The maximum absolute atomic E-state index is 14.2. The van der Waals surface area contributed by atoms with Gasteiger partial charge in [-0.05, 0) is 79.3 Å². The second-order valence-corrected chi connectivity index (χ2v) is 24.8. The summed E-state index contributed by atoms with van der Waals surface area (Å²) >= 11 is 0. The molecule has 93 heavy (non-hydrogen) atoms. The van der Waals surface area contributed by atoms with Crippen molar-refractivity contribution in [2.75, 3.05) is 33.2 Å². The van der Waals surface area contributed by atoms with Crippen LogP contribution in [0.5, 0.6) is 0 Å². The second kappa shape index (κ2) is 42.2. The van der Waals surface area contributed by atoms with Gasteiger partial charge >= 0.3 is 5.97 Å². The Morgan fingerprint density at radius 3 is 1.66 bits per heavy atom. The maximum atomic E-state index is 14.2. The number of hydrogen-bond donors (Lipinski definition) is 19. The van der Waals surface area contributed by atoms with Gasteiger partial charge in [0.25, 0.3) is 0 Å². The second-order valence-electron chi connectivity index (χ2n) is 24.8. The maximum Gasteiger partial charge on any atom is 0.328 e. The molecule has 2 saturated heterocycles. The van der Waals surface area contributed by atoms with E-state index in [1.54, 1.807) is 20.9 Å². The SMILES string of the molecule is CCCCCCCCCCCCCC(CC(=O)NC(C(C)O)C(O)O)OC(=O)C(CCCNC)NC(=O)C(NC(=O)CNC(=O)C(NC(=O)C1C(O)CCN1C(=O)C(NC(=O)C(NC(=O)C1CC(O)CN1C(=O)C(N)C(C)C)C(C)O)C(C)O)C(O)CC(N)=O)C(C)O. The monoisotopic (exact) mass is 1330 g/mol. The molecule has 2 rings (SSSR count). The molecule has 0 aromatic carbocycles. The van der Waals surface area contributed by atoms with Crippen molar-refractivity contribution in [3.63, 3.8) is 0 Å². The van der Waals surface area contributed by atoms with E-state index in [1.165, 1.54) is 26.2 Å². The van der Waals surface area contributed by atoms with Crippen LogP contribution in [0.4, 0.5) is 0 Å². The Bertz CT molecular complexity index is 2400. The third-order valence-corrected chi connectivity index (χ3v) is 16.3. The molecule has 2 heterocycles. The fraction of sp³-hybridized carbons (Fsp3) is 0.817. The molecule has 2 aliphatic rings. The van der Waals surface area contributed by atoms with E-state index in [-0.39, 0.29) is 44.6 Å². The summed E-state index contributed by atoms with van der Waals surface area (Å²) in [6.45, 7) is 8.68. The van der Waals surface area contributed by atoms with E-state index in [2.05, 4.69) is 49.5 Å². The third-order valence-electron chi connectivity index (χ3n) is 16.3. The lowest BCUT2D eigenvalue weighted by molar-refractivity contribution is -0.156. The molecule has 33 nitrogen and oxygen atoms in total. The molecule has 10 amide bonds. The molecular formula is C60H108N12O21. The molecule has 534 valence electrons. The number of nitrogens with one attached hydrogen (secondary N) is 8. The fourth-order valence-corrected chi connectivity index (χ4v) is 10.8. The molecule has 2 aliphatic heterocycles. The summed E-state index contributed by atoms with van der Waals surface area (Å²) in [6, 6.07) is -15.0. The molecule has 17 unspecified atom stereocenters. The molecule has 0 spiro atoms. The Hall–Kier alpha value is -6.27. The highest BCUT2D eigenvalue weighted by atomic mass is 16.5. The van der Waals surface area contributed by atoms with Crippen molar-refractivity contribution in [1.29, 1.82) is 0 Å². The van der Waals surface area contributed by atoms with Crippen molar-refractivity contribution >= 4 is 65.0 Å². The van der Waals surface area contributed by atoms with Crippen LogP contribution in [0.15, 0.2) is 0 Å². The molecule has 0 aromatic rings. The topological polar surface area (TPSA) is 534 Å². The fourth-order valence-electron chi connectivity index (χ4n) is 10.8. The van der Waals surface area contributed by atoms with Gasteiger partial charge in [-0.2, -0.15) is 0 Å². The standard InChI is InChI=1S/C60H108N12O21/c1-9-10-11-12-13-14-15-16-17-18-19-21-37(27-43(81)66-49(35(7)76)59(90)91)93-60(92)38(22-20-24-63-8)65-54(85)46(32(4)73)67-44(82)29-64-53(84)50(41(79)28-42(61)80)70-56(87)51-40(78)23-25-71(51)58(89)48(34(6)75)69-55(86)47(33(5)74)68-52(83)39-26-36(77)30-72(39)57(88)45(62)31(2)3/h31-41,45-51,59,63,73-79,90-91H,9-30,62H2,1-8H3,(H2,61,80)(H,64,84)(H,65,85)(H,66,81)(H,67,82)(H,68,83)(H,69,86)(H,70,87). The molecule has 2 fully saturated rings. The third kappa shape index (κ3) is 28.3. The number of nitrogens with zero attached hydrogens (tertiary/aromatic N) is 2. The molecule has 0 aromatic heterocycles. The number of amides is 10. The Morgan fingerprint density at radius 2 is 1.13 bits per heavy atom. The number of β-amino-alcohol motifs (C(OH)–C–C–N with tert-alkyl or cyclic N) is 1. The van der Waals surface area contributed by atoms with Crippen molar-refractivity contribution in [3.8, 4) is 0 Å². The average Bonchev–Trinajstić information content (AvgIpc) is 1.72. The Labute approximate surface area is 543 Å². The molecule has 21 N–H and O–H groups in total. The molecule has 0 saturated carbocycles. The quantitative estimate of drug-likeness (QED) is 0.0153. The Balaban J connectivity index is 2.29. The van der Waals surface area contributed by atoms with Gasteiger partial charge < -0.3 is 114 Å². The molecule has 0 radical (unpaired) electrons. The first-order valence-corrected chi connectivity index (χ1v) is 32.4. The van der Waals surface area contributed by atoms with Gasteiger partial charge in [0.05, 0.1) is 68.2 Å². The van der Waals surface area contributed by atoms with Crippen molar-refractivity contribution in [2.24, 2.45) is 17.4 Å². The number of ether oxygens (including phenoxy) is 1. The van der Waals surface area contributed by atoms with Crippen LogP contribution >= 0.6 is 0 Å². The van der Waals surface area contributed by atoms with Crippen LogP contribution in [-0.4, -0.2) is 264 Å². The minimum Gasteiger partial charge on any atom is -0.460 e. The number of rotatable bonds is 44. The Morgan fingerprint density at radius 1 is 0.581 bits per heavy atom. The largest absolute Gasteiger partial charge is 0.460 e. The molecule has 0 bridgehead atoms. The van der Waals surface area contributed by atoms with Crippen LogP contribution < -0.4 is 54.0 Å². The highest BCUT2D eigenvalue weighted by Gasteiger charge is 2.48. The number of likely N-dealkylation sites (tertiary alicyclic amines) is 2. The number of carbonyl (C=O) groups is 11. The van der Waals surface area contributed by atoms with Gasteiger partial charge in [-0.15, -0.1) is 0 Å². The summed E-state index contributed by atoms with van der Waals surface area (Å²) in [5.74, 6) is -12.3. The summed E-state index contributed by atoms with van der Waals surface area (Å²) in [7, 11) is 1.64. The number of aliphatic hydroxyl groups is 9. The van der Waals surface area contributed by atoms with Crippen LogP contribution in [0.25, 0.3) is 0 Å². The summed E-state index contributed by atoms with van der Waals surface area (Å²) in [5, 5.41) is 113. The van der Waals surface area contributed by atoms with E-state index in [1.807, 2.05) is 0 Å². The Kier molecular flexibility index (Phi) is 37.6.